The largest absolute Gasteiger partial charge is 0.385 e. The molecule has 0 spiro atoms. The zero-order valence-electron chi connectivity index (χ0n) is 15.7. The van der Waals surface area contributed by atoms with E-state index < -0.39 is 0 Å². The zero-order valence-corrected chi connectivity index (χ0v) is 18.1. The molecular weight excluding hydrogens is 415 g/mol. The number of aliphatic imine (C=N–C) groups is 1. The lowest BCUT2D eigenvalue weighted by Crippen LogP contribution is -2.42. The minimum absolute atomic E-state index is 0. The minimum atomic E-state index is 0. The molecule has 2 rings (SSSR count). The summed E-state index contributed by atoms with van der Waals surface area (Å²) >= 11 is 0. The third-order valence-electron chi connectivity index (χ3n) is 5.32. The Morgan fingerprint density at radius 3 is 2.62 bits per heavy atom. The maximum atomic E-state index is 5.09. The lowest BCUT2D eigenvalue weighted by Gasteiger charge is -2.22. The lowest BCUT2D eigenvalue weighted by atomic mass is 9.85. The molecule has 2 saturated carbocycles. The molecule has 2 N–H and O–H groups in total. The van der Waals surface area contributed by atoms with Crippen LogP contribution in [0.3, 0.4) is 0 Å². The van der Waals surface area contributed by atoms with Gasteiger partial charge in [0.1, 0.15) is 0 Å². The summed E-state index contributed by atoms with van der Waals surface area (Å²) in [4.78, 5) is 6.71. The van der Waals surface area contributed by atoms with Crippen molar-refractivity contribution in [2.45, 2.75) is 51.0 Å². The molecule has 142 valence electrons. The quantitative estimate of drug-likeness (QED) is 0.245. The molecule has 5 nitrogen and oxygen atoms in total. The number of nitrogens with one attached hydrogen (secondary N) is 2. The second-order valence-electron chi connectivity index (χ2n) is 7.20. The molecule has 2 aliphatic carbocycles. The summed E-state index contributed by atoms with van der Waals surface area (Å²) in [6, 6.07) is 0.656. The van der Waals surface area contributed by atoms with Crippen molar-refractivity contribution in [1.29, 1.82) is 0 Å². The second-order valence-corrected chi connectivity index (χ2v) is 7.20. The van der Waals surface area contributed by atoms with Gasteiger partial charge in [-0.25, -0.2) is 0 Å². The molecule has 0 heterocycles. The number of ether oxygens (including phenoxy) is 1. The van der Waals surface area contributed by atoms with Gasteiger partial charge in [0.2, 0.25) is 0 Å². The highest BCUT2D eigenvalue weighted by atomic mass is 127. The van der Waals surface area contributed by atoms with Gasteiger partial charge in [-0.2, -0.15) is 0 Å². The van der Waals surface area contributed by atoms with Crippen molar-refractivity contribution in [3.63, 3.8) is 0 Å². The summed E-state index contributed by atoms with van der Waals surface area (Å²) in [6.45, 7) is 3.88. The van der Waals surface area contributed by atoms with Crippen molar-refractivity contribution in [3.05, 3.63) is 0 Å². The van der Waals surface area contributed by atoms with Crippen molar-refractivity contribution in [2.24, 2.45) is 16.8 Å². The monoisotopic (exact) mass is 452 g/mol. The standard InChI is InChI=1S/C18H36N4O.HI/c1-19-18(20-10-12-22(2)11-7-13-23-3)21-17-14-16(17)15-8-5-4-6-9-15;/h15-17H,4-14H2,1-3H3,(H2,19,20,21);1H. The van der Waals surface area contributed by atoms with Crippen LogP contribution in [0.1, 0.15) is 44.9 Å². The first-order valence-corrected chi connectivity index (χ1v) is 9.39. The van der Waals surface area contributed by atoms with Gasteiger partial charge < -0.3 is 20.3 Å². The van der Waals surface area contributed by atoms with Crippen LogP contribution in [0.5, 0.6) is 0 Å². The summed E-state index contributed by atoms with van der Waals surface area (Å²) in [5.74, 6) is 2.83. The molecular formula is C18H37IN4O. The van der Waals surface area contributed by atoms with E-state index in [0.29, 0.717) is 6.04 Å². The molecule has 0 aromatic carbocycles. The number of likely N-dealkylation sites (N-methyl/N-ethyl adjacent to an activating group) is 1. The predicted molar refractivity (Wildman–Crippen MR) is 112 cm³/mol. The van der Waals surface area contributed by atoms with E-state index in [4.69, 9.17) is 4.74 Å². The van der Waals surface area contributed by atoms with E-state index in [1.165, 1.54) is 38.5 Å². The number of nitrogens with zero attached hydrogens (tertiary/aromatic N) is 2. The normalized spacial score (nSPS) is 24.6. The predicted octanol–water partition coefficient (Wildman–Crippen LogP) is 2.71. The van der Waals surface area contributed by atoms with E-state index in [2.05, 4.69) is 27.6 Å². The average molecular weight is 452 g/mol. The first-order chi connectivity index (χ1) is 11.2. The van der Waals surface area contributed by atoms with Gasteiger partial charge in [0.25, 0.3) is 0 Å². The number of hydrogen-bond acceptors (Lipinski definition) is 3. The fraction of sp³-hybridized carbons (Fsp3) is 0.944. The topological polar surface area (TPSA) is 48.9 Å². The van der Waals surface area contributed by atoms with Gasteiger partial charge >= 0.3 is 0 Å². The van der Waals surface area contributed by atoms with E-state index >= 15 is 0 Å². The minimum Gasteiger partial charge on any atom is -0.385 e. The van der Waals surface area contributed by atoms with Gasteiger partial charge in [-0.1, -0.05) is 32.1 Å². The van der Waals surface area contributed by atoms with Crippen LogP contribution in [-0.4, -0.2) is 64.3 Å². The Morgan fingerprint density at radius 2 is 1.96 bits per heavy atom. The molecule has 0 aromatic heterocycles. The Labute approximate surface area is 165 Å². The number of guanidine groups is 1. The SMILES string of the molecule is CN=C(NCCN(C)CCCOC)NC1CC1C1CCCCC1.I. The first-order valence-electron chi connectivity index (χ1n) is 9.39. The van der Waals surface area contributed by atoms with E-state index in [1.807, 2.05) is 7.05 Å². The highest BCUT2D eigenvalue weighted by molar-refractivity contribution is 14.0. The molecule has 0 aromatic rings. The maximum absolute atomic E-state index is 5.09. The van der Waals surface area contributed by atoms with Crippen molar-refractivity contribution < 1.29 is 4.74 Å². The van der Waals surface area contributed by atoms with E-state index in [-0.39, 0.29) is 24.0 Å². The van der Waals surface area contributed by atoms with Crippen LogP contribution in [-0.2, 0) is 4.74 Å². The third-order valence-corrected chi connectivity index (χ3v) is 5.32. The molecule has 24 heavy (non-hydrogen) atoms. The van der Waals surface area contributed by atoms with Gasteiger partial charge in [-0.3, -0.25) is 4.99 Å². The van der Waals surface area contributed by atoms with Crippen molar-refractivity contribution in [2.75, 3.05) is 47.4 Å². The summed E-state index contributed by atoms with van der Waals surface area (Å²) in [5.41, 5.74) is 0. The van der Waals surface area contributed by atoms with Crippen molar-refractivity contribution >= 4 is 29.9 Å². The maximum Gasteiger partial charge on any atom is 0.191 e. The second kappa shape index (κ2) is 12.3. The van der Waals surface area contributed by atoms with Gasteiger partial charge in [0, 0.05) is 46.4 Å². The Morgan fingerprint density at radius 1 is 1.21 bits per heavy atom. The molecule has 0 amide bonds. The van der Waals surface area contributed by atoms with Crippen molar-refractivity contribution in [3.8, 4) is 0 Å². The van der Waals surface area contributed by atoms with Gasteiger partial charge in [0.15, 0.2) is 5.96 Å². The highest BCUT2D eigenvalue weighted by Crippen LogP contribution is 2.44. The van der Waals surface area contributed by atoms with Crippen LogP contribution in [0.25, 0.3) is 0 Å². The molecule has 0 saturated heterocycles. The van der Waals surface area contributed by atoms with Crippen LogP contribution < -0.4 is 10.6 Å². The summed E-state index contributed by atoms with van der Waals surface area (Å²) < 4.78 is 5.09. The molecule has 2 atom stereocenters. The van der Waals surface area contributed by atoms with Crippen molar-refractivity contribution in [1.82, 2.24) is 15.5 Å². The Kier molecular flexibility index (Phi) is 11.3. The molecule has 0 aliphatic heterocycles. The summed E-state index contributed by atoms with van der Waals surface area (Å²) in [5, 5.41) is 7.07. The summed E-state index contributed by atoms with van der Waals surface area (Å²) in [7, 11) is 5.79. The van der Waals surface area contributed by atoms with Crippen LogP contribution in [0.2, 0.25) is 0 Å². The van der Waals surface area contributed by atoms with E-state index in [0.717, 1.165) is 50.5 Å². The van der Waals surface area contributed by atoms with E-state index in [9.17, 15) is 0 Å². The fourth-order valence-corrected chi connectivity index (χ4v) is 3.79. The van der Waals surface area contributed by atoms with Gasteiger partial charge in [0.05, 0.1) is 0 Å². The first kappa shape index (κ1) is 22.0. The molecule has 2 fully saturated rings. The third kappa shape index (κ3) is 7.87. The molecule has 2 unspecified atom stereocenters. The van der Waals surface area contributed by atoms with Crippen LogP contribution >= 0.6 is 24.0 Å². The molecule has 2 aliphatic rings. The number of rotatable bonds is 9. The smallest absolute Gasteiger partial charge is 0.191 e. The Bertz CT molecular complexity index is 361. The summed E-state index contributed by atoms with van der Waals surface area (Å²) in [6.07, 6.45) is 9.64. The van der Waals surface area contributed by atoms with Gasteiger partial charge in [-0.05, 0) is 31.7 Å². The average Bonchev–Trinajstić information content (AvgIpc) is 3.34. The highest BCUT2D eigenvalue weighted by Gasteiger charge is 2.43. The number of halogens is 1. The van der Waals surface area contributed by atoms with Crippen LogP contribution in [0.4, 0.5) is 0 Å². The molecule has 0 bridgehead atoms. The van der Waals surface area contributed by atoms with Gasteiger partial charge in [-0.15, -0.1) is 24.0 Å². The number of hydrogen-bond donors (Lipinski definition) is 2. The molecule has 0 radical (unpaired) electrons. The zero-order chi connectivity index (χ0) is 16.5. The van der Waals surface area contributed by atoms with Crippen LogP contribution in [0, 0.1) is 11.8 Å². The fourth-order valence-electron chi connectivity index (χ4n) is 3.79. The van der Waals surface area contributed by atoms with E-state index in [1.54, 1.807) is 7.11 Å². The molecule has 6 heteroatoms. The number of methoxy groups -OCH3 is 1. The Balaban J connectivity index is 0.00000288. The van der Waals surface area contributed by atoms with Crippen LogP contribution in [0.15, 0.2) is 4.99 Å². The lowest BCUT2D eigenvalue weighted by molar-refractivity contribution is 0.180. The Hall–Kier alpha value is -0.0800.